The number of H-pyrrole nitrogens is 1. The number of rotatable bonds is 4. The van der Waals surface area contributed by atoms with E-state index in [1.54, 1.807) is 0 Å². The monoisotopic (exact) mass is 327 g/mol. The van der Waals surface area contributed by atoms with Crippen molar-refractivity contribution in [2.75, 3.05) is 6.61 Å². The molecule has 2 N–H and O–H groups in total. The molecule has 2 aromatic rings. The summed E-state index contributed by atoms with van der Waals surface area (Å²) in [7, 11) is 0. The topological polar surface area (TPSA) is 75.7 Å². The fourth-order valence-electron chi connectivity index (χ4n) is 4.43. The first-order valence-electron chi connectivity index (χ1n) is 8.89. The summed E-state index contributed by atoms with van der Waals surface area (Å²) in [4.78, 5) is 0. The first kappa shape index (κ1) is 15.7. The third kappa shape index (κ3) is 2.74. The van der Waals surface area contributed by atoms with Crippen molar-refractivity contribution in [2.24, 2.45) is 0 Å². The van der Waals surface area contributed by atoms with Gasteiger partial charge >= 0.3 is 0 Å². The third-order valence-electron chi connectivity index (χ3n) is 5.69. The molecule has 1 saturated carbocycles. The van der Waals surface area contributed by atoms with Crippen LogP contribution in [0.4, 0.5) is 0 Å². The lowest BCUT2D eigenvalue weighted by Gasteiger charge is -2.31. The SMILES string of the molecule is Cc1cc(-c2nn[nH]n2)cc(C)c1CNC1CCCC12CCCO2. The van der Waals surface area contributed by atoms with Crippen LogP contribution in [0.15, 0.2) is 12.1 Å². The highest BCUT2D eigenvalue weighted by Gasteiger charge is 2.45. The van der Waals surface area contributed by atoms with Crippen LogP contribution in [0, 0.1) is 13.8 Å². The quantitative estimate of drug-likeness (QED) is 0.903. The molecule has 24 heavy (non-hydrogen) atoms. The van der Waals surface area contributed by atoms with Crippen molar-refractivity contribution in [3.8, 4) is 11.4 Å². The number of benzene rings is 1. The highest BCUT2D eigenvalue weighted by Crippen LogP contribution is 2.41. The number of hydrogen-bond acceptors (Lipinski definition) is 5. The fourth-order valence-corrected chi connectivity index (χ4v) is 4.43. The van der Waals surface area contributed by atoms with Gasteiger partial charge in [-0.25, -0.2) is 0 Å². The molecule has 1 spiro atoms. The third-order valence-corrected chi connectivity index (χ3v) is 5.69. The van der Waals surface area contributed by atoms with Crippen LogP contribution >= 0.6 is 0 Å². The van der Waals surface area contributed by atoms with E-state index in [9.17, 15) is 0 Å². The number of hydrogen-bond donors (Lipinski definition) is 2. The summed E-state index contributed by atoms with van der Waals surface area (Å²) in [5.41, 5.74) is 5.01. The highest BCUT2D eigenvalue weighted by molar-refractivity contribution is 5.58. The maximum absolute atomic E-state index is 6.14. The van der Waals surface area contributed by atoms with Gasteiger partial charge in [0.15, 0.2) is 0 Å². The van der Waals surface area contributed by atoms with Crippen LogP contribution in [0.2, 0.25) is 0 Å². The largest absolute Gasteiger partial charge is 0.373 e. The summed E-state index contributed by atoms with van der Waals surface area (Å²) >= 11 is 0. The Labute approximate surface area is 142 Å². The van der Waals surface area contributed by atoms with E-state index >= 15 is 0 Å². The molecule has 1 aromatic heterocycles. The van der Waals surface area contributed by atoms with Crippen LogP contribution in [0.25, 0.3) is 11.4 Å². The van der Waals surface area contributed by atoms with E-state index < -0.39 is 0 Å². The van der Waals surface area contributed by atoms with Crippen molar-refractivity contribution in [3.05, 3.63) is 28.8 Å². The number of aryl methyl sites for hydroxylation is 2. The van der Waals surface area contributed by atoms with Gasteiger partial charge in [-0.15, -0.1) is 10.2 Å². The molecule has 2 unspecified atom stereocenters. The van der Waals surface area contributed by atoms with Crippen LogP contribution < -0.4 is 5.32 Å². The van der Waals surface area contributed by atoms with Gasteiger partial charge in [-0.2, -0.15) is 5.21 Å². The van der Waals surface area contributed by atoms with Gasteiger partial charge < -0.3 is 10.1 Å². The smallest absolute Gasteiger partial charge is 0.204 e. The van der Waals surface area contributed by atoms with Crippen molar-refractivity contribution < 1.29 is 4.74 Å². The van der Waals surface area contributed by atoms with Crippen LogP contribution in [-0.4, -0.2) is 38.9 Å². The van der Waals surface area contributed by atoms with Crippen molar-refractivity contribution in [3.63, 3.8) is 0 Å². The molecule has 4 rings (SSSR count). The summed E-state index contributed by atoms with van der Waals surface area (Å²) in [6.45, 7) is 6.13. The lowest BCUT2D eigenvalue weighted by Crippen LogP contribution is -2.46. The number of aromatic amines is 1. The second kappa shape index (κ2) is 6.26. The summed E-state index contributed by atoms with van der Waals surface area (Å²) in [6, 6.07) is 4.77. The van der Waals surface area contributed by atoms with E-state index in [2.05, 4.69) is 51.9 Å². The molecule has 2 fully saturated rings. The Kier molecular flexibility index (Phi) is 4.10. The molecule has 0 bridgehead atoms. The zero-order valence-corrected chi connectivity index (χ0v) is 14.4. The summed E-state index contributed by atoms with van der Waals surface area (Å²) < 4.78 is 6.14. The second-order valence-electron chi connectivity index (χ2n) is 7.17. The van der Waals surface area contributed by atoms with Gasteiger partial charge in [0.1, 0.15) is 0 Å². The van der Waals surface area contributed by atoms with Gasteiger partial charge in [-0.3, -0.25) is 0 Å². The Morgan fingerprint density at radius 1 is 1.25 bits per heavy atom. The Balaban J connectivity index is 1.51. The maximum atomic E-state index is 6.14. The first-order chi connectivity index (χ1) is 11.7. The number of ether oxygens (including phenoxy) is 1. The molecule has 128 valence electrons. The fraction of sp³-hybridized carbons (Fsp3) is 0.611. The minimum absolute atomic E-state index is 0.104. The number of aromatic nitrogens is 4. The Morgan fingerprint density at radius 2 is 2.04 bits per heavy atom. The number of nitrogens with zero attached hydrogens (tertiary/aromatic N) is 3. The molecule has 1 aromatic carbocycles. The molecule has 1 saturated heterocycles. The standard InChI is InChI=1S/C18H25N5O/c1-12-9-14(17-20-22-23-21-17)10-13(2)15(12)11-19-16-5-3-6-18(16)7-4-8-24-18/h9-10,16,19H,3-8,11H2,1-2H3,(H,20,21,22,23). The molecule has 1 aliphatic carbocycles. The van der Waals surface area contributed by atoms with E-state index in [1.165, 1.54) is 48.8 Å². The Bertz CT molecular complexity index is 678. The maximum Gasteiger partial charge on any atom is 0.204 e. The van der Waals surface area contributed by atoms with Crippen LogP contribution in [0.5, 0.6) is 0 Å². The molecular weight excluding hydrogens is 302 g/mol. The molecule has 1 aliphatic heterocycles. The molecule has 6 nitrogen and oxygen atoms in total. The molecule has 0 radical (unpaired) electrons. The Morgan fingerprint density at radius 3 is 2.71 bits per heavy atom. The molecule has 2 atom stereocenters. The second-order valence-corrected chi connectivity index (χ2v) is 7.17. The van der Waals surface area contributed by atoms with Crippen LogP contribution in [0.1, 0.15) is 48.8 Å². The van der Waals surface area contributed by atoms with E-state index in [0.717, 1.165) is 18.7 Å². The van der Waals surface area contributed by atoms with Gasteiger partial charge in [-0.05, 0) is 80.0 Å². The molecule has 0 amide bonds. The molecular formula is C18H25N5O. The van der Waals surface area contributed by atoms with Crippen LogP contribution in [0.3, 0.4) is 0 Å². The van der Waals surface area contributed by atoms with Crippen molar-refractivity contribution >= 4 is 0 Å². The lowest BCUT2D eigenvalue weighted by molar-refractivity contribution is -0.0115. The minimum atomic E-state index is 0.104. The Hall–Kier alpha value is -1.79. The average molecular weight is 327 g/mol. The van der Waals surface area contributed by atoms with E-state index in [1.807, 2.05) is 0 Å². The van der Waals surface area contributed by atoms with Crippen molar-refractivity contribution in [2.45, 2.75) is 64.1 Å². The first-order valence-corrected chi connectivity index (χ1v) is 8.89. The van der Waals surface area contributed by atoms with Gasteiger partial charge in [0.25, 0.3) is 0 Å². The normalized spacial score (nSPS) is 26.5. The molecule has 2 aliphatic rings. The molecule has 6 heteroatoms. The van der Waals surface area contributed by atoms with Crippen LogP contribution in [-0.2, 0) is 11.3 Å². The minimum Gasteiger partial charge on any atom is -0.373 e. The zero-order chi connectivity index (χ0) is 16.6. The van der Waals surface area contributed by atoms with E-state index in [4.69, 9.17) is 4.74 Å². The van der Waals surface area contributed by atoms with Crippen molar-refractivity contribution in [1.29, 1.82) is 0 Å². The zero-order valence-electron chi connectivity index (χ0n) is 14.4. The average Bonchev–Trinajstić information content (AvgIpc) is 3.30. The summed E-state index contributed by atoms with van der Waals surface area (Å²) in [5.74, 6) is 0.648. The van der Waals surface area contributed by atoms with Gasteiger partial charge in [-0.1, -0.05) is 0 Å². The van der Waals surface area contributed by atoms with E-state index in [0.29, 0.717) is 11.9 Å². The lowest BCUT2D eigenvalue weighted by atomic mass is 9.93. The predicted octanol–water partition coefficient (Wildman–Crippen LogP) is 2.67. The summed E-state index contributed by atoms with van der Waals surface area (Å²) in [6.07, 6.45) is 6.11. The van der Waals surface area contributed by atoms with Gasteiger partial charge in [0.2, 0.25) is 5.82 Å². The van der Waals surface area contributed by atoms with Crippen molar-refractivity contribution in [1.82, 2.24) is 25.9 Å². The number of tetrazole rings is 1. The number of nitrogens with one attached hydrogen (secondary N) is 2. The molecule has 2 heterocycles. The predicted molar refractivity (Wildman–Crippen MR) is 91.5 cm³/mol. The highest BCUT2D eigenvalue weighted by atomic mass is 16.5. The van der Waals surface area contributed by atoms with Gasteiger partial charge in [0, 0.05) is 24.8 Å². The van der Waals surface area contributed by atoms with E-state index in [-0.39, 0.29) is 5.60 Å². The van der Waals surface area contributed by atoms with Gasteiger partial charge in [0.05, 0.1) is 5.60 Å². The summed E-state index contributed by atoms with van der Waals surface area (Å²) in [5, 5.41) is 18.1.